The molecule has 3 heterocycles. The maximum absolute atomic E-state index is 12.7. The van der Waals surface area contributed by atoms with Crippen LogP contribution < -0.4 is 0 Å². The third-order valence-corrected chi connectivity index (χ3v) is 4.45. The molecule has 0 aromatic carbocycles. The molecule has 0 radical (unpaired) electrons. The van der Waals surface area contributed by atoms with E-state index in [9.17, 15) is 9.90 Å². The van der Waals surface area contributed by atoms with E-state index in [1.54, 1.807) is 6.26 Å². The number of likely N-dealkylation sites (tertiary alicyclic amines) is 1. The number of hydrogen-bond donors (Lipinski definition) is 1. The zero-order chi connectivity index (χ0) is 15.7. The summed E-state index contributed by atoms with van der Waals surface area (Å²) in [4.78, 5) is 14.5. The predicted molar refractivity (Wildman–Crippen MR) is 82.9 cm³/mol. The van der Waals surface area contributed by atoms with Crippen molar-refractivity contribution >= 4 is 5.91 Å². The number of aryl methyl sites for hydroxylation is 1. The van der Waals surface area contributed by atoms with E-state index in [-0.39, 0.29) is 12.0 Å². The Bertz CT molecular complexity index is 650. The fraction of sp³-hybridized carbons (Fsp3) is 0.471. The maximum atomic E-state index is 12.7. The summed E-state index contributed by atoms with van der Waals surface area (Å²) >= 11 is 0. The number of rotatable bonds is 3. The molecule has 0 unspecified atom stereocenters. The Hall–Kier alpha value is -2.01. The summed E-state index contributed by atoms with van der Waals surface area (Å²) in [5.41, 5.74) is 2.76. The van der Waals surface area contributed by atoms with Crippen molar-refractivity contribution in [3.05, 3.63) is 47.2 Å². The van der Waals surface area contributed by atoms with E-state index < -0.39 is 0 Å². The van der Waals surface area contributed by atoms with E-state index in [0.29, 0.717) is 32.5 Å². The normalized spacial score (nSPS) is 16.2. The Labute approximate surface area is 130 Å². The van der Waals surface area contributed by atoms with E-state index in [4.69, 9.17) is 4.42 Å². The van der Waals surface area contributed by atoms with Crippen LogP contribution in [0.25, 0.3) is 0 Å². The molecule has 118 valence electrons. The average molecular weight is 302 g/mol. The van der Waals surface area contributed by atoms with Gasteiger partial charge in [0, 0.05) is 24.5 Å². The van der Waals surface area contributed by atoms with Gasteiger partial charge < -0.3 is 19.0 Å². The number of furan rings is 1. The molecule has 1 aliphatic rings. The van der Waals surface area contributed by atoms with Gasteiger partial charge in [0.05, 0.1) is 24.5 Å². The van der Waals surface area contributed by atoms with E-state index >= 15 is 0 Å². The lowest BCUT2D eigenvalue weighted by Gasteiger charge is -2.29. The third-order valence-electron chi connectivity index (χ3n) is 4.45. The van der Waals surface area contributed by atoms with E-state index in [1.807, 2.05) is 36.9 Å². The molecular weight excluding hydrogens is 280 g/mol. The van der Waals surface area contributed by atoms with Crippen LogP contribution in [-0.4, -0.2) is 39.7 Å². The fourth-order valence-electron chi connectivity index (χ4n) is 3.06. The van der Waals surface area contributed by atoms with Crippen molar-refractivity contribution in [2.45, 2.75) is 39.3 Å². The van der Waals surface area contributed by atoms with Gasteiger partial charge in [-0.1, -0.05) is 0 Å². The van der Waals surface area contributed by atoms with Gasteiger partial charge in [0.25, 0.3) is 5.91 Å². The minimum absolute atomic E-state index is 0.0608. The second-order valence-corrected chi connectivity index (χ2v) is 5.97. The van der Waals surface area contributed by atoms with Gasteiger partial charge in [0.2, 0.25) is 0 Å². The second kappa shape index (κ2) is 6.01. The van der Waals surface area contributed by atoms with Crippen LogP contribution in [0.5, 0.6) is 0 Å². The molecule has 1 fully saturated rings. The molecule has 5 heteroatoms. The van der Waals surface area contributed by atoms with Crippen molar-refractivity contribution in [1.82, 2.24) is 9.47 Å². The van der Waals surface area contributed by atoms with Gasteiger partial charge in [0.15, 0.2) is 0 Å². The largest absolute Gasteiger partial charge is 0.467 e. The summed E-state index contributed by atoms with van der Waals surface area (Å²) in [5.74, 6) is 0.938. The van der Waals surface area contributed by atoms with Crippen LogP contribution in [0.4, 0.5) is 0 Å². The van der Waals surface area contributed by atoms with E-state index in [1.165, 1.54) is 0 Å². The Kier molecular flexibility index (Phi) is 4.07. The number of aliphatic hydroxyl groups excluding tert-OH is 1. The smallest absolute Gasteiger partial charge is 0.255 e. The first-order chi connectivity index (χ1) is 10.6. The molecule has 0 bridgehead atoms. The molecule has 0 aliphatic carbocycles. The first-order valence-electron chi connectivity index (χ1n) is 7.72. The average Bonchev–Trinajstić information content (AvgIpc) is 3.11. The lowest BCUT2D eigenvalue weighted by Crippen LogP contribution is -2.40. The Morgan fingerprint density at radius 3 is 2.73 bits per heavy atom. The Morgan fingerprint density at radius 1 is 1.36 bits per heavy atom. The quantitative estimate of drug-likeness (QED) is 0.947. The molecule has 1 N–H and O–H groups in total. The molecule has 1 amide bonds. The fourth-order valence-corrected chi connectivity index (χ4v) is 3.06. The molecule has 2 aromatic rings. The number of aromatic nitrogens is 1. The lowest BCUT2D eigenvalue weighted by atomic mass is 10.1. The Morgan fingerprint density at radius 2 is 2.09 bits per heavy atom. The number of nitrogens with zero attached hydrogens (tertiary/aromatic N) is 2. The molecule has 1 saturated heterocycles. The van der Waals surface area contributed by atoms with Gasteiger partial charge in [-0.25, -0.2) is 0 Å². The standard InChI is InChI=1S/C17H22N2O3/c1-12-10-16(17(21)18-7-5-14(20)6-8-18)13(2)19(12)11-15-4-3-9-22-15/h3-4,9-10,14,20H,5-8,11H2,1-2H3. The summed E-state index contributed by atoms with van der Waals surface area (Å²) < 4.78 is 7.50. The molecule has 22 heavy (non-hydrogen) atoms. The summed E-state index contributed by atoms with van der Waals surface area (Å²) in [6, 6.07) is 5.76. The summed E-state index contributed by atoms with van der Waals surface area (Å²) in [6.45, 7) is 5.87. The van der Waals surface area contributed by atoms with Crippen LogP contribution in [0.1, 0.15) is 40.3 Å². The molecule has 0 spiro atoms. The number of carbonyl (C=O) groups is 1. The topological polar surface area (TPSA) is 58.6 Å². The van der Waals surface area contributed by atoms with Gasteiger partial charge in [-0.05, 0) is 44.9 Å². The van der Waals surface area contributed by atoms with Crippen LogP contribution in [0.15, 0.2) is 28.9 Å². The van der Waals surface area contributed by atoms with Crippen molar-refractivity contribution < 1.29 is 14.3 Å². The third kappa shape index (κ3) is 2.81. The molecule has 2 aromatic heterocycles. The molecule has 3 rings (SSSR count). The van der Waals surface area contributed by atoms with Crippen LogP contribution in [0.2, 0.25) is 0 Å². The van der Waals surface area contributed by atoms with Crippen molar-refractivity contribution in [3.63, 3.8) is 0 Å². The Balaban J connectivity index is 1.81. The number of aliphatic hydroxyl groups is 1. The first kappa shape index (κ1) is 14.9. The van der Waals surface area contributed by atoms with Crippen molar-refractivity contribution in [2.24, 2.45) is 0 Å². The lowest BCUT2D eigenvalue weighted by molar-refractivity contribution is 0.0546. The number of amides is 1. The molecule has 0 saturated carbocycles. The second-order valence-electron chi connectivity index (χ2n) is 5.97. The number of hydrogen-bond acceptors (Lipinski definition) is 3. The highest BCUT2D eigenvalue weighted by Gasteiger charge is 2.25. The van der Waals surface area contributed by atoms with Gasteiger partial charge in [-0.15, -0.1) is 0 Å². The van der Waals surface area contributed by atoms with Crippen LogP contribution in [0.3, 0.4) is 0 Å². The summed E-state index contributed by atoms with van der Waals surface area (Å²) in [7, 11) is 0. The van der Waals surface area contributed by atoms with Gasteiger partial charge in [-0.3, -0.25) is 4.79 Å². The van der Waals surface area contributed by atoms with Gasteiger partial charge in [-0.2, -0.15) is 0 Å². The number of piperidine rings is 1. The zero-order valence-electron chi connectivity index (χ0n) is 13.1. The highest BCUT2D eigenvalue weighted by molar-refractivity contribution is 5.95. The highest BCUT2D eigenvalue weighted by Crippen LogP contribution is 2.21. The SMILES string of the molecule is Cc1cc(C(=O)N2CCC(O)CC2)c(C)n1Cc1ccco1. The van der Waals surface area contributed by atoms with Crippen LogP contribution >= 0.6 is 0 Å². The van der Waals surface area contributed by atoms with Crippen LogP contribution in [-0.2, 0) is 6.54 Å². The zero-order valence-corrected chi connectivity index (χ0v) is 13.1. The van der Waals surface area contributed by atoms with Crippen molar-refractivity contribution in [1.29, 1.82) is 0 Å². The van der Waals surface area contributed by atoms with Gasteiger partial charge >= 0.3 is 0 Å². The van der Waals surface area contributed by atoms with E-state index in [2.05, 4.69) is 4.57 Å². The summed E-state index contributed by atoms with van der Waals surface area (Å²) in [6.07, 6.45) is 2.72. The van der Waals surface area contributed by atoms with Crippen LogP contribution in [0, 0.1) is 13.8 Å². The molecular formula is C17H22N2O3. The van der Waals surface area contributed by atoms with E-state index in [0.717, 1.165) is 22.7 Å². The first-order valence-corrected chi connectivity index (χ1v) is 7.72. The minimum Gasteiger partial charge on any atom is -0.467 e. The van der Waals surface area contributed by atoms with Crippen molar-refractivity contribution in [2.75, 3.05) is 13.1 Å². The monoisotopic (exact) mass is 302 g/mol. The molecule has 0 atom stereocenters. The number of carbonyl (C=O) groups excluding carboxylic acids is 1. The maximum Gasteiger partial charge on any atom is 0.255 e. The predicted octanol–water partition coefficient (Wildman–Crippen LogP) is 2.34. The highest BCUT2D eigenvalue weighted by atomic mass is 16.3. The molecule has 1 aliphatic heterocycles. The van der Waals surface area contributed by atoms with Gasteiger partial charge in [0.1, 0.15) is 5.76 Å². The molecule has 5 nitrogen and oxygen atoms in total. The summed E-state index contributed by atoms with van der Waals surface area (Å²) in [5, 5.41) is 9.57. The van der Waals surface area contributed by atoms with Crippen molar-refractivity contribution in [3.8, 4) is 0 Å². The minimum atomic E-state index is -0.268.